The highest BCUT2D eigenvalue weighted by Crippen LogP contribution is 2.14. The molecule has 34 heavy (non-hydrogen) atoms. The summed E-state index contributed by atoms with van der Waals surface area (Å²) in [6.45, 7) is 5.66. The number of hydrogen-bond donors (Lipinski definition) is 1. The Balaban J connectivity index is 1.40. The van der Waals surface area contributed by atoms with Crippen molar-refractivity contribution in [2.75, 3.05) is 13.2 Å². The van der Waals surface area contributed by atoms with Crippen molar-refractivity contribution in [1.82, 2.24) is 5.32 Å². The Hall–Kier alpha value is -2.73. The van der Waals surface area contributed by atoms with Crippen molar-refractivity contribution < 1.29 is 9.53 Å². The van der Waals surface area contributed by atoms with Crippen molar-refractivity contribution in [1.29, 1.82) is 0 Å². The summed E-state index contributed by atoms with van der Waals surface area (Å²) in [5, 5.41) is 3.04. The topological polar surface area (TPSA) is 38.3 Å². The first kappa shape index (κ1) is 27.5. The summed E-state index contributed by atoms with van der Waals surface area (Å²) < 4.78 is 5.88. The molecule has 0 fully saturated rings. The van der Waals surface area contributed by atoms with E-state index in [9.17, 15) is 4.79 Å². The number of unbranched alkanes of at least 4 members (excludes halogenated alkanes) is 9. The lowest BCUT2D eigenvalue weighted by atomic mass is 10.1. The fourth-order valence-electron chi connectivity index (χ4n) is 3.70. The summed E-state index contributed by atoms with van der Waals surface area (Å²) in [4.78, 5) is 11.7. The summed E-state index contributed by atoms with van der Waals surface area (Å²) in [5.41, 5.74) is 2.03. The quantitative estimate of drug-likeness (QED) is 0.207. The summed E-state index contributed by atoms with van der Waals surface area (Å²) in [5.74, 6) is 7.64. The summed E-state index contributed by atoms with van der Waals surface area (Å²) in [6, 6.07) is 18.1. The lowest BCUT2D eigenvalue weighted by Gasteiger charge is -2.09. The first-order valence-corrected chi connectivity index (χ1v) is 13.3. The van der Waals surface area contributed by atoms with Gasteiger partial charge in [-0.3, -0.25) is 4.79 Å². The van der Waals surface area contributed by atoms with E-state index in [0.29, 0.717) is 0 Å². The molecule has 184 valence electrons. The van der Waals surface area contributed by atoms with E-state index in [4.69, 9.17) is 4.74 Å². The SMILES string of the molecule is CCC(C)C(=O)NCCCCCCCCCCCCOc1ccc(C#Cc2ccccc2)cc1. The minimum atomic E-state index is 0.142. The molecule has 2 aromatic carbocycles. The first-order chi connectivity index (χ1) is 16.7. The van der Waals surface area contributed by atoms with Crippen LogP contribution in [-0.4, -0.2) is 19.1 Å². The standard InChI is InChI=1S/C31H43NO2/c1-3-27(2)31(33)32-25-15-10-8-6-4-5-7-9-11-16-26-34-30-23-21-29(22-24-30)20-19-28-17-13-12-14-18-28/h12-14,17-18,21-24,27H,3-11,15-16,25-26H2,1-2H3,(H,32,33). The average molecular weight is 462 g/mol. The van der Waals surface area contributed by atoms with Gasteiger partial charge in [0, 0.05) is 23.6 Å². The van der Waals surface area contributed by atoms with E-state index in [1.165, 1.54) is 51.4 Å². The van der Waals surface area contributed by atoms with Gasteiger partial charge in [-0.2, -0.15) is 0 Å². The van der Waals surface area contributed by atoms with Crippen LogP contribution in [0.3, 0.4) is 0 Å². The summed E-state index contributed by atoms with van der Waals surface area (Å²) in [6.07, 6.45) is 13.4. The van der Waals surface area contributed by atoms with E-state index < -0.39 is 0 Å². The number of rotatable bonds is 16. The molecule has 0 aliphatic rings. The summed E-state index contributed by atoms with van der Waals surface area (Å²) in [7, 11) is 0. The molecule has 0 bridgehead atoms. The molecule has 0 heterocycles. The van der Waals surface area contributed by atoms with E-state index in [1.54, 1.807) is 0 Å². The van der Waals surface area contributed by atoms with Crippen molar-refractivity contribution in [2.24, 2.45) is 5.92 Å². The van der Waals surface area contributed by atoms with E-state index in [-0.39, 0.29) is 11.8 Å². The normalized spacial score (nSPS) is 11.4. The maximum atomic E-state index is 11.7. The first-order valence-electron chi connectivity index (χ1n) is 13.3. The number of nitrogens with one attached hydrogen (secondary N) is 1. The Bertz CT molecular complexity index is 848. The molecule has 1 N–H and O–H groups in total. The average Bonchev–Trinajstić information content (AvgIpc) is 2.88. The molecule has 3 nitrogen and oxygen atoms in total. The molecular weight excluding hydrogens is 418 g/mol. The Labute approximate surface area is 207 Å². The number of hydrogen-bond acceptors (Lipinski definition) is 2. The fraction of sp³-hybridized carbons (Fsp3) is 0.516. The molecule has 2 aromatic rings. The Morgan fingerprint density at radius 1 is 0.765 bits per heavy atom. The van der Waals surface area contributed by atoms with Crippen LogP contribution in [-0.2, 0) is 4.79 Å². The molecule has 1 amide bonds. The molecule has 0 aliphatic carbocycles. The van der Waals surface area contributed by atoms with E-state index in [0.717, 1.165) is 49.3 Å². The molecule has 2 rings (SSSR count). The van der Waals surface area contributed by atoms with Gasteiger partial charge in [-0.05, 0) is 55.7 Å². The third kappa shape index (κ3) is 12.5. The second-order valence-electron chi connectivity index (χ2n) is 9.12. The van der Waals surface area contributed by atoms with Gasteiger partial charge >= 0.3 is 0 Å². The van der Waals surface area contributed by atoms with Crippen LogP contribution < -0.4 is 10.1 Å². The molecule has 0 saturated heterocycles. The molecule has 1 atom stereocenters. The van der Waals surface area contributed by atoms with Crippen molar-refractivity contribution in [3.8, 4) is 17.6 Å². The minimum absolute atomic E-state index is 0.142. The lowest BCUT2D eigenvalue weighted by molar-refractivity contribution is -0.124. The van der Waals surface area contributed by atoms with E-state index in [2.05, 4.69) is 24.1 Å². The molecule has 0 aliphatic heterocycles. The number of benzene rings is 2. The van der Waals surface area contributed by atoms with Crippen LogP contribution >= 0.6 is 0 Å². The van der Waals surface area contributed by atoms with Gasteiger partial charge in [0.25, 0.3) is 0 Å². The third-order valence-corrected chi connectivity index (χ3v) is 6.18. The van der Waals surface area contributed by atoms with Crippen molar-refractivity contribution in [2.45, 2.75) is 84.5 Å². The number of carbonyl (C=O) groups excluding carboxylic acids is 1. The van der Waals surface area contributed by atoms with Gasteiger partial charge in [0.15, 0.2) is 0 Å². The molecule has 0 aromatic heterocycles. The Morgan fingerprint density at radius 3 is 1.88 bits per heavy atom. The zero-order valence-corrected chi connectivity index (χ0v) is 21.3. The number of carbonyl (C=O) groups is 1. The van der Waals surface area contributed by atoms with Crippen LogP contribution in [0.4, 0.5) is 0 Å². The second kappa shape index (κ2) is 17.7. The zero-order valence-electron chi connectivity index (χ0n) is 21.3. The van der Waals surface area contributed by atoms with Gasteiger partial charge in [-0.15, -0.1) is 0 Å². The molecule has 0 saturated carbocycles. The van der Waals surface area contributed by atoms with Crippen LogP contribution in [0, 0.1) is 17.8 Å². The Morgan fingerprint density at radius 2 is 1.29 bits per heavy atom. The molecular formula is C31H43NO2. The van der Waals surface area contributed by atoms with Gasteiger partial charge < -0.3 is 10.1 Å². The van der Waals surface area contributed by atoms with Gasteiger partial charge in [-0.25, -0.2) is 0 Å². The highest BCUT2D eigenvalue weighted by Gasteiger charge is 2.08. The minimum Gasteiger partial charge on any atom is -0.494 e. The van der Waals surface area contributed by atoms with Gasteiger partial charge in [-0.1, -0.05) is 95.3 Å². The molecule has 3 heteroatoms. The van der Waals surface area contributed by atoms with Gasteiger partial charge in [0.05, 0.1) is 6.61 Å². The number of ether oxygens (including phenoxy) is 1. The van der Waals surface area contributed by atoms with Crippen LogP contribution in [0.1, 0.15) is 95.6 Å². The van der Waals surface area contributed by atoms with Gasteiger partial charge in [0.1, 0.15) is 5.75 Å². The van der Waals surface area contributed by atoms with E-state index >= 15 is 0 Å². The lowest BCUT2D eigenvalue weighted by Crippen LogP contribution is -2.29. The maximum absolute atomic E-state index is 11.7. The largest absolute Gasteiger partial charge is 0.494 e. The van der Waals surface area contributed by atoms with Crippen molar-refractivity contribution in [3.63, 3.8) is 0 Å². The van der Waals surface area contributed by atoms with Crippen molar-refractivity contribution in [3.05, 3.63) is 65.7 Å². The summed E-state index contributed by atoms with van der Waals surface area (Å²) >= 11 is 0. The maximum Gasteiger partial charge on any atom is 0.222 e. The smallest absolute Gasteiger partial charge is 0.222 e. The second-order valence-corrected chi connectivity index (χ2v) is 9.12. The fourth-order valence-corrected chi connectivity index (χ4v) is 3.70. The van der Waals surface area contributed by atoms with Gasteiger partial charge in [0.2, 0.25) is 5.91 Å². The van der Waals surface area contributed by atoms with Crippen LogP contribution in [0.25, 0.3) is 0 Å². The van der Waals surface area contributed by atoms with Crippen molar-refractivity contribution >= 4 is 5.91 Å². The van der Waals surface area contributed by atoms with E-state index in [1.807, 2.05) is 61.5 Å². The third-order valence-electron chi connectivity index (χ3n) is 6.18. The predicted octanol–water partition coefficient (Wildman–Crippen LogP) is 7.53. The van der Waals surface area contributed by atoms with Crippen LogP contribution in [0.2, 0.25) is 0 Å². The zero-order chi connectivity index (χ0) is 24.3. The number of amides is 1. The highest BCUT2D eigenvalue weighted by atomic mass is 16.5. The van der Waals surface area contributed by atoms with Crippen LogP contribution in [0.15, 0.2) is 54.6 Å². The van der Waals surface area contributed by atoms with Crippen LogP contribution in [0.5, 0.6) is 5.75 Å². The molecule has 0 radical (unpaired) electrons. The molecule has 1 unspecified atom stereocenters. The molecule has 0 spiro atoms. The predicted molar refractivity (Wildman–Crippen MR) is 143 cm³/mol. The highest BCUT2D eigenvalue weighted by molar-refractivity contribution is 5.78. The monoisotopic (exact) mass is 461 g/mol. The Kier molecular flexibility index (Phi) is 14.3.